The van der Waals surface area contributed by atoms with E-state index in [1.807, 2.05) is 33.8 Å². The molecule has 0 bridgehead atoms. The zero-order chi connectivity index (χ0) is 24.0. The maximum absolute atomic E-state index is 12.7. The summed E-state index contributed by atoms with van der Waals surface area (Å²) >= 11 is 6.26. The second-order valence-electron chi connectivity index (χ2n) is 8.14. The highest BCUT2D eigenvalue weighted by molar-refractivity contribution is 6.32. The third-order valence-corrected chi connectivity index (χ3v) is 5.33. The number of nitrogens with zero attached hydrogens (tertiary/aromatic N) is 1. The molecule has 0 amide bonds. The predicted octanol–water partition coefficient (Wildman–Crippen LogP) is 5.00. The summed E-state index contributed by atoms with van der Waals surface area (Å²) in [4.78, 5) is 29.2. The van der Waals surface area contributed by atoms with Crippen LogP contribution in [0.4, 0.5) is 0 Å². The number of ketones is 1. The molecule has 0 aliphatic heterocycles. The topological polar surface area (TPSA) is 95.0 Å². The van der Waals surface area contributed by atoms with E-state index in [9.17, 15) is 14.7 Å². The van der Waals surface area contributed by atoms with Gasteiger partial charge in [0.05, 0.1) is 18.1 Å². The lowest BCUT2D eigenvalue weighted by Gasteiger charge is -2.29. The fourth-order valence-electron chi connectivity index (χ4n) is 3.26. The van der Waals surface area contributed by atoms with E-state index in [0.717, 1.165) is 5.56 Å². The minimum Gasteiger partial charge on any atom is -0.503 e. The monoisotopic (exact) mass is 463 g/mol. The zero-order valence-corrected chi connectivity index (χ0v) is 20.0. The van der Waals surface area contributed by atoms with Crippen molar-refractivity contribution in [2.75, 3.05) is 7.11 Å². The molecule has 0 fully saturated rings. The van der Waals surface area contributed by atoms with Crippen molar-refractivity contribution in [3.8, 4) is 17.2 Å². The van der Waals surface area contributed by atoms with Crippen molar-refractivity contribution in [2.24, 2.45) is 11.8 Å². The van der Waals surface area contributed by atoms with E-state index >= 15 is 0 Å². The average Bonchev–Trinajstić information content (AvgIpc) is 2.73. The van der Waals surface area contributed by atoms with Crippen LogP contribution in [0.1, 0.15) is 50.2 Å². The molecule has 0 saturated heterocycles. The molecular weight excluding hydrogens is 434 g/mol. The van der Waals surface area contributed by atoms with Gasteiger partial charge >= 0.3 is 5.97 Å². The minimum atomic E-state index is -0.744. The number of carbonyl (C=O) groups is 2. The molecule has 3 atom stereocenters. The van der Waals surface area contributed by atoms with E-state index in [0.29, 0.717) is 10.8 Å². The summed E-state index contributed by atoms with van der Waals surface area (Å²) in [6.45, 7) is 9.17. The first kappa shape index (κ1) is 25.5. The third-order valence-electron chi connectivity index (χ3n) is 5.04. The molecule has 2 aromatic rings. The molecule has 0 saturated carbocycles. The van der Waals surface area contributed by atoms with Crippen molar-refractivity contribution in [3.05, 3.63) is 46.7 Å². The molecule has 0 unspecified atom stereocenters. The minimum absolute atomic E-state index is 0.0369. The highest BCUT2D eigenvalue weighted by Gasteiger charge is 2.30. The number of aromatic nitrogens is 1. The Morgan fingerprint density at radius 2 is 1.81 bits per heavy atom. The lowest BCUT2D eigenvalue weighted by Crippen LogP contribution is -2.39. The van der Waals surface area contributed by atoms with Crippen LogP contribution in [0.3, 0.4) is 0 Å². The van der Waals surface area contributed by atoms with E-state index in [-0.39, 0.29) is 29.5 Å². The number of aromatic hydroxyl groups is 1. The number of hydrogen-bond donors (Lipinski definition) is 1. The lowest BCUT2D eigenvalue weighted by molar-refractivity contribution is -0.161. The standard InChI is InChI=1S/C24H30ClNO6/c1-13(2)23(16(5)31-19-8-7-14(3)11-17(19)25)32-24(29)15(4)12-18(27)21-22(28)20(30-6)9-10-26-21/h7-11,13,15-16,23,28H,12H2,1-6H3/t15-,16+,23-/m1/s1. The number of benzene rings is 1. The SMILES string of the molecule is COc1ccnc(C(=O)C[C@@H](C)C(=O)O[C@H](C(C)C)[C@H](C)Oc2ccc(C)cc2Cl)c1O. The summed E-state index contributed by atoms with van der Waals surface area (Å²) in [7, 11) is 1.38. The molecule has 7 nitrogen and oxygen atoms in total. The summed E-state index contributed by atoms with van der Waals surface area (Å²) in [5.41, 5.74) is 0.868. The average molecular weight is 464 g/mol. The Morgan fingerprint density at radius 1 is 1.12 bits per heavy atom. The van der Waals surface area contributed by atoms with Crippen LogP contribution in [-0.2, 0) is 9.53 Å². The summed E-state index contributed by atoms with van der Waals surface area (Å²) in [5, 5.41) is 10.6. The fourth-order valence-corrected chi connectivity index (χ4v) is 3.54. The van der Waals surface area contributed by atoms with E-state index in [2.05, 4.69) is 4.98 Å². The van der Waals surface area contributed by atoms with Crippen molar-refractivity contribution in [2.45, 2.75) is 53.2 Å². The summed E-state index contributed by atoms with van der Waals surface area (Å²) in [6.07, 6.45) is 0.168. The summed E-state index contributed by atoms with van der Waals surface area (Å²) in [5.74, 6) is -1.50. The van der Waals surface area contributed by atoms with Crippen molar-refractivity contribution < 1.29 is 28.9 Å². The maximum atomic E-state index is 12.7. The lowest BCUT2D eigenvalue weighted by atomic mass is 10.00. The van der Waals surface area contributed by atoms with Gasteiger partial charge in [-0.1, -0.05) is 38.4 Å². The normalized spacial score (nSPS) is 13.9. The van der Waals surface area contributed by atoms with E-state index < -0.39 is 29.9 Å². The molecule has 0 aliphatic rings. The third kappa shape index (κ3) is 6.36. The zero-order valence-electron chi connectivity index (χ0n) is 19.2. The largest absolute Gasteiger partial charge is 0.503 e. The number of Topliss-reactive ketones (excluding diaryl/α,β-unsaturated/α-hetero) is 1. The highest BCUT2D eigenvalue weighted by Crippen LogP contribution is 2.30. The van der Waals surface area contributed by atoms with Gasteiger partial charge in [0.1, 0.15) is 18.0 Å². The molecule has 1 heterocycles. The van der Waals surface area contributed by atoms with Gasteiger partial charge in [0, 0.05) is 18.7 Å². The highest BCUT2D eigenvalue weighted by atomic mass is 35.5. The second-order valence-corrected chi connectivity index (χ2v) is 8.55. The molecule has 0 aliphatic carbocycles. The number of rotatable bonds is 10. The van der Waals surface area contributed by atoms with Crippen LogP contribution in [-0.4, -0.2) is 41.2 Å². The Hall–Kier alpha value is -2.80. The summed E-state index contributed by atoms with van der Waals surface area (Å²) < 4.78 is 16.7. The number of esters is 1. The Kier molecular flexibility index (Phi) is 8.89. The molecule has 174 valence electrons. The number of methoxy groups -OCH3 is 1. The van der Waals surface area contributed by atoms with Crippen molar-refractivity contribution in [3.63, 3.8) is 0 Å². The molecule has 32 heavy (non-hydrogen) atoms. The van der Waals surface area contributed by atoms with Gasteiger partial charge < -0.3 is 19.3 Å². The number of hydrogen-bond acceptors (Lipinski definition) is 7. The molecule has 1 N–H and O–H groups in total. The Balaban J connectivity index is 2.06. The molecule has 8 heteroatoms. The van der Waals surface area contributed by atoms with Crippen LogP contribution in [0.15, 0.2) is 30.5 Å². The van der Waals surface area contributed by atoms with Crippen LogP contribution in [0.5, 0.6) is 17.2 Å². The maximum Gasteiger partial charge on any atom is 0.309 e. The Labute approximate surface area is 193 Å². The van der Waals surface area contributed by atoms with Crippen LogP contribution >= 0.6 is 11.6 Å². The molecular formula is C24H30ClNO6. The van der Waals surface area contributed by atoms with Gasteiger partial charge in [-0.15, -0.1) is 0 Å². The van der Waals surface area contributed by atoms with Gasteiger partial charge in [0.25, 0.3) is 0 Å². The number of carbonyl (C=O) groups excluding carboxylic acids is 2. The van der Waals surface area contributed by atoms with Crippen molar-refractivity contribution in [1.29, 1.82) is 0 Å². The molecule has 1 aromatic heterocycles. The van der Waals surface area contributed by atoms with Crippen molar-refractivity contribution in [1.82, 2.24) is 4.98 Å². The quantitative estimate of drug-likeness (QED) is 0.391. The first-order valence-corrected chi connectivity index (χ1v) is 10.8. The van der Waals surface area contributed by atoms with Gasteiger partial charge in [-0.2, -0.15) is 0 Å². The summed E-state index contributed by atoms with van der Waals surface area (Å²) in [6, 6.07) is 6.91. The van der Waals surface area contributed by atoms with Gasteiger partial charge in [-0.3, -0.25) is 9.59 Å². The molecule has 1 aromatic carbocycles. The smallest absolute Gasteiger partial charge is 0.309 e. The van der Waals surface area contributed by atoms with Gasteiger partial charge in [0.2, 0.25) is 0 Å². The first-order chi connectivity index (χ1) is 15.0. The van der Waals surface area contributed by atoms with Crippen LogP contribution in [0, 0.1) is 18.8 Å². The number of ether oxygens (including phenoxy) is 3. The predicted molar refractivity (Wildman–Crippen MR) is 122 cm³/mol. The molecule has 2 rings (SSSR count). The van der Waals surface area contributed by atoms with Crippen LogP contribution < -0.4 is 9.47 Å². The van der Waals surface area contributed by atoms with Crippen molar-refractivity contribution >= 4 is 23.4 Å². The number of pyridine rings is 1. The number of aryl methyl sites for hydroxylation is 1. The number of halogens is 1. The van der Waals surface area contributed by atoms with Crippen LogP contribution in [0.25, 0.3) is 0 Å². The van der Waals surface area contributed by atoms with Gasteiger partial charge in [-0.25, -0.2) is 4.98 Å². The molecule has 0 spiro atoms. The fraction of sp³-hybridized carbons (Fsp3) is 0.458. The van der Waals surface area contributed by atoms with E-state index in [1.165, 1.54) is 19.4 Å². The van der Waals surface area contributed by atoms with Crippen LogP contribution in [0.2, 0.25) is 5.02 Å². The molecule has 0 radical (unpaired) electrons. The van der Waals surface area contributed by atoms with E-state index in [4.69, 9.17) is 25.8 Å². The van der Waals surface area contributed by atoms with Gasteiger partial charge in [-0.05, 0) is 37.5 Å². The van der Waals surface area contributed by atoms with Gasteiger partial charge in [0.15, 0.2) is 23.0 Å². The Bertz CT molecular complexity index is 962. The first-order valence-electron chi connectivity index (χ1n) is 10.4. The second kappa shape index (κ2) is 11.2. The Morgan fingerprint density at radius 3 is 2.41 bits per heavy atom. The van der Waals surface area contributed by atoms with E-state index in [1.54, 1.807) is 19.1 Å².